The molecule has 2 amide bonds. The molecule has 4 atom stereocenters. The molecule has 4 aliphatic heterocycles. The molecule has 0 spiro atoms. The first-order valence-corrected chi connectivity index (χ1v) is 21.8. The molecule has 0 aromatic heterocycles. The minimum absolute atomic E-state index is 0.000977. The van der Waals surface area contributed by atoms with Gasteiger partial charge in [0.1, 0.15) is 5.75 Å². The fourth-order valence-electron chi connectivity index (χ4n) is 11.2. The van der Waals surface area contributed by atoms with E-state index in [2.05, 4.69) is 69.0 Å². The lowest BCUT2D eigenvalue weighted by atomic mass is 9.84. The molecule has 3 aromatic rings. The molecule has 12 heteroatoms. The van der Waals surface area contributed by atoms with Crippen molar-refractivity contribution in [2.45, 2.75) is 132 Å². The largest absolute Gasteiger partial charge is 0.490 e. The molecule has 316 valence electrons. The third kappa shape index (κ3) is 9.49. The van der Waals surface area contributed by atoms with Gasteiger partial charge in [0.25, 0.3) is 11.8 Å². The first-order chi connectivity index (χ1) is 28.5. The summed E-state index contributed by atoms with van der Waals surface area (Å²) in [6.45, 7) is 2.38. The summed E-state index contributed by atoms with van der Waals surface area (Å²) in [5.41, 5.74) is 6.92. The highest BCUT2D eigenvalue weighted by atomic mass is 19.4. The lowest BCUT2D eigenvalue weighted by Gasteiger charge is -2.31. The zero-order chi connectivity index (χ0) is 41.1. The summed E-state index contributed by atoms with van der Waals surface area (Å²) >= 11 is 0. The van der Waals surface area contributed by atoms with Crippen LogP contribution < -0.4 is 15.4 Å². The van der Waals surface area contributed by atoms with Gasteiger partial charge < -0.3 is 20.5 Å². The highest BCUT2D eigenvalue weighted by Crippen LogP contribution is 2.54. The number of hydrogen-bond donors (Lipinski definition) is 3. The summed E-state index contributed by atoms with van der Waals surface area (Å²) in [6.07, 6.45) is 11.6. The van der Waals surface area contributed by atoms with Gasteiger partial charge in [-0.05, 0) is 161 Å². The average molecular weight is 815 g/mol. The van der Waals surface area contributed by atoms with Crippen LogP contribution in [0.15, 0.2) is 72.8 Å². The van der Waals surface area contributed by atoms with Crippen molar-refractivity contribution in [3.05, 3.63) is 101 Å². The van der Waals surface area contributed by atoms with Crippen molar-refractivity contribution >= 4 is 17.8 Å². The molecule has 2 saturated carbocycles. The second kappa shape index (κ2) is 18.1. The van der Waals surface area contributed by atoms with E-state index in [1.54, 1.807) is 34.4 Å². The number of alkyl halides is 3. The number of halogens is 3. The van der Waals surface area contributed by atoms with Gasteiger partial charge in [-0.3, -0.25) is 19.4 Å². The van der Waals surface area contributed by atoms with Crippen molar-refractivity contribution < 1.29 is 37.4 Å². The molecule has 0 unspecified atom stereocenters. The molecular weight excluding hydrogens is 758 g/mol. The number of carboxylic acids is 1. The Morgan fingerprint density at radius 3 is 1.37 bits per heavy atom. The smallest absolute Gasteiger partial charge is 0.484 e. The van der Waals surface area contributed by atoms with Crippen molar-refractivity contribution in [3.8, 4) is 5.75 Å². The van der Waals surface area contributed by atoms with E-state index in [-0.39, 0.29) is 30.5 Å². The number of carbonyl (C=O) groups excluding carboxylic acids is 2. The van der Waals surface area contributed by atoms with Gasteiger partial charge in [-0.1, -0.05) is 48.5 Å². The summed E-state index contributed by atoms with van der Waals surface area (Å²) in [4.78, 5) is 40.2. The molecule has 3 N–H and O–H groups in total. The van der Waals surface area contributed by atoms with E-state index in [1.165, 1.54) is 77.3 Å². The van der Waals surface area contributed by atoms with Crippen molar-refractivity contribution in [2.75, 3.05) is 19.7 Å². The predicted octanol–water partition coefficient (Wildman–Crippen LogP) is 9.23. The number of rotatable bonds is 12. The Bertz CT molecular complexity index is 1880. The summed E-state index contributed by atoms with van der Waals surface area (Å²) in [6, 6.07) is 28.3. The van der Waals surface area contributed by atoms with Crippen LogP contribution in [-0.4, -0.2) is 70.6 Å². The Labute approximate surface area is 345 Å². The monoisotopic (exact) mass is 814 g/mol. The number of amides is 2. The molecular formula is C47H57F3N4O5. The molecule has 4 fully saturated rings. The highest BCUT2D eigenvalue weighted by Gasteiger charge is 2.44. The Hall–Kier alpha value is -4.42. The molecule has 4 heterocycles. The Balaban J connectivity index is 0.000000637. The predicted molar refractivity (Wildman–Crippen MR) is 218 cm³/mol. The molecule has 0 radical (unpaired) electrons. The van der Waals surface area contributed by atoms with E-state index in [9.17, 15) is 22.8 Å². The molecule has 3 aromatic carbocycles. The fourth-order valence-corrected chi connectivity index (χ4v) is 11.2. The lowest BCUT2D eigenvalue weighted by molar-refractivity contribution is -0.192. The number of carboxylic acid groups (broad SMARTS) is 1. The van der Waals surface area contributed by atoms with Crippen molar-refractivity contribution in [1.82, 2.24) is 20.4 Å². The van der Waals surface area contributed by atoms with Crippen LogP contribution in [0.2, 0.25) is 0 Å². The molecule has 59 heavy (non-hydrogen) atoms. The van der Waals surface area contributed by atoms with Crippen LogP contribution in [0.3, 0.4) is 0 Å². The van der Waals surface area contributed by atoms with Gasteiger partial charge in [0.05, 0.1) is 0 Å². The summed E-state index contributed by atoms with van der Waals surface area (Å²) in [5, 5.41) is 13.6. The Morgan fingerprint density at radius 2 is 0.983 bits per heavy atom. The van der Waals surface area contributed by atoms with Gasteiger partial charge in [-0.2, -0.15) is 13.2 Å². The van der Waals surface area contributed by atoms with E-state index in [0.717, 1.165) is 37.5 Å². The summed E-state index contributed by atoms with van der Waals surface area (Å²) in [5.74, 6) is -0.731. The zero-order valence-corrected chi connectivity index (χ0v) is 33.7. The van der Waals surface area contributed by atoms with Crippen LogP contribution in [0.1, 0.15) is 147 Å². The standard InChI is InChI=1S/C45H56N4O3.C2HF3O2/c50-44(46-33-15-9-30(10-16-33)25-27-48-40-21-22-41(48)37-6-2-1-5-36(37)40)29-52-35-19-13-32(14-20-35)45(51)47-34-17-11-31(12-18-34)26-28-49-42-23-24-43(49)39-8-4-3-7-38(39)42;3-2(4,5)1(6)7/h1-8,13-14,19-20,30-31,33-34,40-43H,9-12,15-18,21-29H2,(H,46,50)(H,47,51);(H,6,7)/t30?,31?,33?,34?,40-,41+,42-,43+;. The first kappa shape index (κ1) is 41.3. The van der Waals surface area contributed by atoms with Gasteiger partial charge in [0.2, 0.25) is 0 Å². The van der Waals surface area contributed by atoms with E-state index in [4.69, 9.17) is 14.6 Å². The molecule has 2 aliphatic carbocycles. The second-order valence-corrected chi connectivity index (χ2v) is 17.6. The third-order valence-electron chi connectivity index (χ3n) is 14.2. The number of hydrogen-bond acceptors (Lipinski definition) is 6. The van der Waals surface area contributed by atoms with E-state index in [1.807, 2.05) is 12.1 Å². The SMILES string of the molecule is O=C(COc1ccc(C(=O)NC2CCC(CCN3[C@@H]4CC[C@H]3c3ccccc34)CC2)cc1)NC1CCC(CCN2[C@@H]3CC[C@H]2c2ccccc23)CC1.O=C(O)C(F)(F)F. The third-order valence-corrected chi connectivity index (χ3v) is 14.2. The van der Waals surface area contributed by atoms with Crippen LogP contribution in [0.25, 0.3) is 0 Å². The Kier molecular flexibility index (Phi) is 12.6. The number of nitrogens with zero attached hydrogens (tertiary/aromatic N) is 2. The molecule has 9 nitrogen and oxygen atoms in total. The van der Waals surface area contributed by atoms with Crippen LogP contribution in [0.4, 0.5) is 13.2 Å². The van der Waals surface area contributed by atoms with E-state index < -0.39 is 12.1 Å². The number of fused-ring (bicyclic) bond motifs is 10. The van der Waals surface area contributed by atoms with E-state index in [0.29, 0.717) is 35.5 Å². The Morgan fingerprint density at radius 1 is 0.593 bits per heavy atom. The molecule has 2 saturated heterocycles. The number of aliphatic carboxylic acids is 1. The van der Waals surface area contributed by atoms with Gasteiger partial charge >= 0.3 is 12.1 Å². The lowest BCUT2D eigenvalue weighted by Crippen LogP contribution is -2.40. The molecule has 6 aliphatic rings. The van der Waals surface area contributed by atoms with Crippen LogP contribution in [0, 0.1) is 11.8 Å². The quantitative estimate of drug-likeness (QED) is 0.167. The topological polar surface area (TPSA) is 111 Å². The maximum atomic E-state index is 13.1. The maximum absolute atomic E-state index is 13.1. The number of ether oxygens (including phenoxy) is 1. The normalized spacial score (nSPS) is 28.3. The average Bonchev–Trinajstić information content (AvgIpc) is 4.01. The highest BCUT2D eigenvalue weighted by molar-refractivity contribution is 5.94. The van der Waals surface area contributed by atoms with Crippen LogP contribution in [-0.2, 0) is 9.59 Å². The molecule has 4 bridgehead atoms. The van der Waals surface area contributed by atoms with Crippen molar-refractivity contribution in [3.63, 3.8) is 0 Å². The summed E-state index contributed by atoms with van der Waals surface area (Å²) < 4.78 is 37.6. The van der Waals surface area contributed by atoms with Crippen molar-refractivity contribution in [2.24, 2.45) is 11.8 Å². The van der Waals surface area contributed by atoms with Gasteiger partial charge in [0.15, 0.2) is 6.61 Å². The minimum Gasteiger partial charge on any atom is -0.484 e. The van der Waals surface area contributed by atoms with Crippen LogP contribution in [0.5, 0.6) is 5.75 Å². The van der Waals surface area contributed by atoms with Gasteiger partial charge in [-0.25, -0.2) is 4.79 Å². The van der Waals surface area contributed by atoms with E-state index >= 15 is 0 Å². The van der Waals surface area contributed by atoms with Gasteiger partial charge in [-0.15, -0.1) is 0 Å². The minimum atomic E-state index is -5.08. The molecule has 9 rings (SSSR count). The maximum Gasteiger partial charge on any atom is 0.490 e. The van der Waals surface area contributed by atoms with Crippen molar-refractivity contribution in [1.29, 1.82) is 0 Å². The number of carbonyl (C=O) groups is 3. The second-order valence-electron chi connectivity index (χ2n) is 17.6. The fraction of sp³-hybridized carbons (Fsp3) is 0.553. The number of benzene rings is 3. The zero-order valence-electron chi connectivity index (χ0n) is 33.7. The number of nitrogens with one attached hydrogen (secondary N) is 2. The van der Waals surface area contributed by atoms with Gasteiger partial charge in [0, 0.05) is 41.8 Å². The van der Waals surface area contributed by atoms with Crippen LogP contribution >= 0.6 is 0 Å². The summed E-state index contributed by atoms with van der Waals surface area (Å²) in [7, 11) is 0. The first-order valence-electron chi connectivity index (χ1n) is 21.8.